The Bertz CT molecular complexity index is 471. The number of carbonyl (C=O) groups is 1. The highest BCUT2D eigenvalue weighted by atomic mass is 16.5. The van der Waals surface area contributed by atoms with Crippen LogP contribution in [-0.2, 0) is 4.79 Å². The van der Waals surface area contributed by atoms with Gasteiger partial charge in [-0.25, -0.2) is 0 Å². The molecule has 1 amide bonds. The van der Waals surface area contributed by atoms with Crippen LogP contribution < -0.4 is 19.7 Å². The standard InChI is InChI=1S/C13H16N2O3/c1-10(16)14-5-6-15-7-8-18-13-4-3-11(17-2)9-12(13)15/h3-4,7-9H,5-6H2,1-2H3,(H,14,16). The van der Waals surface area contributed by atoms with Gasteiger partial charge in [0.1, 0.15) is 17.8 Å². The third-order valence-corrected chi connectivity index (χ3v) is 2.64. The van der Waals surface area contributed by atoms with E-state index in [1.54, 1.807) is 13.4 Å². The molecule has 96 valence electrons. The van der Waals surface area contributed by atoms with Gasteiger partial charge in [0.2, 0.25) is 5.91 Å². The average Bonchev–Trinajstić information content (AvgIpc) is 2.38. The van der Waals surface area contributed by atoms with Gasteiger partial charge in [-0.15, -0.1) is 0 Å². The van der Waals surface area contributed by atoms with E-state index in [0.29, 0.717) is 13.1 Å². The monoisotopic (exact) mass is 248 g/mol. The molecular weight excluding hydrogens is 232 g/mol. The van der Waals surface area contributed by atoms with Crippen LogP contribution in [-0.4, -0.2) is 26.1 Å². The molecule has 0 saturated carbocycles. The summed E-state index contributed by atoms with van der Waals surface area (Å²) in [7, 11) is 1.63. The first-order chi connectivity index (χ1) is 8.70. The molecule has 1 aromatic carbocycles. The van der Waals surface area contributed by atoms with Crippen molar-refractivity contribution in [3.63, 3.8) is 0 Å². The minimum atomic E-state index is -0.0295. The fourth-order valence-electron chi connectivity index (χ4n) is 1.75. The Labute approximate surface area is 106 Å². The van der Waals surface area contributed by atoms with Crippen molar-refractivity contribution >= 4 is 11.6 Å². The highest BCUT2D eigenvalue weighted by Crippen LogP contribution is 2.34. The SMILES string of the molecule is COc1ccc2c(c1)N(CCNC(C)=O)C=CO2. The summed E-state index contributed by atoms with van der Waals surface area (Å²) < 4.78 is 10.6. The zero-order chi connectivity index (χ0) is 13.0. The highest BCUT2D eigenvalue weighted by molar-refractivity contribution is 5.73. The van der Waals surface area contributed by atoms with Gasteiger partial charge in [-0.2, -0.15) is 0 Å². The molecule has 1 heterocycles. The number of anilines is 1. The Morgan fingerprint density at radius 2 is 2.33 bits per heavy atom. The third-order valence-electron chi connectivity index (χ3n) is 2.64. The minimum absolute atomic E-state index is 0.0295. The second-order valence-electron chi connectivity index (χ2n) is 3.91. The maximum Gasteiger partial charge on any atom is 0.216 e. The van der Waals surface area contributed by atoms with Gasteiger partial charge in [0.05, 0.1) is 12.8 Å². The molecule has 0 atom stereocenters. The largest absolute Gasteiger partial charge is 0.497 e. The lowest BCUT2D eigenvalue weighted by Crippen LogP contribution is -2.32. The van der Waals surface area contributed by atoms with Crippen LogP contribution >= 0.6 is 0 Å². The van der Waals surface area contributed by atoms with Gasteiger partial charge in [-0.1, -0.05) is 0 Å². The lowest BCUT2D eigenvalue weighted by atomic mass is 10.2. The van der Waals surface area contributed by atoms with Crippen molar-refractivity contribution in [2.45, 2.75) is 6.92 Å². The van der Waals surface area contributed by atoms with Crippen molar-refractivity contribution in [3.05, 3.63) is 30.7 Å². The quantitative estimate of drug-likeness (QED) is 0.877. The van der Waals surface area contributed by atoms with E-state index in [2.05, 4.69) is 5.32 Å². The summed E-state index contributed by atoms with van der Waals surface area (Å²) in [6, 6.07) is 5.62. The first-order valence-electron chi connectivity index (χ1n) is 5.73. The van der Waals surface area contributed by atoms with E-state index in [1.165, 1.54) is 6.92 Å². The van der Waals surface area contributed by atoms with Crippen LogP contribution in [0.2, 0.25) is 0 Å². The molecule has 0 radical (unpaired) electrons. The molecule has 1 aliphatic heterocycles. The number of ether oxygens (including phenoxy) is 2. The van der Waals surface area contributed by atoms with Gasteiger partial charge >= 0.3 is 0 Å². The molecule has 0 unspecified atom stereocenters. The molecule has 1 aliphatic rings. The predicted molar refractivity (Wildman–Crippen MR) is 68.8 cm³/mol. The van der Waals surface area contributed by atoms with Crippen molar-refractivity contribution in [3.8, 4) is 11.5 Å². The second kappa shape index (κ2) is 5.44. The Hall–Kier alpha value is -2.17. The number of amides is 1. The van der Waals surface area contributed by atoms with Crippen LogP contribution in [0.15, 0.2) is 30.7 Å². The second-order valence-corrected chi connectivity index (χ2v) is 3.91. The van der Waals surface area contributed by atoms with Gasteiger partial charge in [0.15, 0.2) is 0 Å². The first kappa shape index (κ1) is 12.3. The summed E-state index contributed by atoms with van der Waals surface area (Å²) in [6.07, 6.45) is 3.46. The van der Waals surface area contributed by atoms with Gasteiger partial charge < -0.3 is 19.7 Å². The summed E-state index contributed by atoms with van der Waals surface area (Å²) in [5.41, 5.74) is 0.933. The topological polar surface area (TPSA) is 50.8 Å². The maximum absolute atomic E-state index is 10.8. The minimum Gasteiger partial charge on any atom is -0.497 e. The van der Waals surface area contributed by atoms with Crippen LogP contribution in [0.1, 0.15) is 6.92 Å². The van der Waals surface area contributed by atoms with E-state index in [1.807, 2.05) is 29.3 Å². The Kier molecular flexibility index (Phi) is 3.72. The number of nitrogens with zero attached hydrogens (tertiary/aromatic N) is 1. The smallest absolute Gasteiger partial charge is 0.216 e. The van der Waals surface area contributed by atoms with Crippen molar-refractivity contribution in [1.82, 2.24) is 5.32 Å². The van der Waals surface area contributed by atoms with Gasteiger partial charge in [-0.05, 0) is 12.1 Å². The number of carbonyl (C=O) groups excluding carboxylic acids is 1. The van der Waals surface area contributed by atoms with Crippen LogP contribution in [0.5, 0.6) is 11.5 Å². The number of hydrogen-bond acceptors (Lipinski definition) is 4. The van der Waals surface area contributed by atoms with Crippen LogP contribution in [0, 0.1) is 0 Å². The van der Waals surface area contributed by atoms with Gasteiger partial charge in [-0.3, -0.25) is 4.79 Å². The zero-order valence-electron chi connectivity index (χ0n) is 10.5. The van der Waals surface area contributed by atoms with E-state index in [0.717, 1.165) is 17.2 Å². The number of nitrogens with one attached hydrogen (secondary N) is 1. The van der Waals surface area contributed by atoms with E-state index >= 15 is 0 Å². The zero-order valence-corrected chi connectivity index (χ0v) is 10.5. The van der Waals surface area contributed by atoms with Crippen molar-refractivity contribution in [2.24, 2.45) is 0 Å². The summed E-state index contributed by atoms with van der Waals surface area (Å²) in [4.78, 5) is 12.9. The third kappa shape index (κ3) is 2.74. The van der Waals surface area contributed by atoms with Crippen LogP contribution in [0.25, 0.3) is 0 Å². The highest BCUT2D eigenvalue weighted by Gasteiger charge is 2.15. The van der Waals surface area contributed by atoms with Gasteiger partial charge in [0.25, 0.3) is 0 Å². The molecule has 0 spiro atoms. The lowest BCUT2D eigenvalue weighted by Gasteiger charge is -2.26. The summed E-state index contributed by atoms with van der Waals surface area (Å²) in [6.45, 7) is 2.77. The van der Waals surface area contributed by atoms with Gasteiger partial charge in [0, 0.05) is 32.3 Å². The molecule has 0 saturated heterocycles. The maximum atomic E-state index is 10.8. The normalized spacial score (nSPS) is 12.7. The molecule has 5 heteroatoms. The molecule has 5 nitrogen and oxygen atoms in total. The van der Waals surface area contributed by atoms with E-state index in [9.17, 15) is 4.79 Å². The molecule has 18 heavy (non-hydrogen) atoms. The Balaban J connectivity index is 2.10. The Morgan fingerprint density at radius 1 is 1.50 bits per heavy atom. The molecule has 0 fully saturated rings. The molecule has 0 bridgehead atoms. The molecule has 0 aliphatic carbocycles. The average molecular weight is 248 g/mol. The van der Waals surface area contributed by atoms with Crippen LogP contribution in [0.3, 0.4) is 0 Å². The fraction of sp³-hybridized carbons (Fsp3) is 0.308. The first-order valence-corrected chi connectivity index (χ1v) is 5.73. The van der Waals surface area contributed by atoms with E-state index in [-0.39, 0.29) is 5.91 Å². The molecule has 1 aromatic rings. The molecule has 1 N–H and O–H groups in total. The number of methoxy groups -OCH3 is 1. The summed E-state index contributed by atoms with van der Waals surface area (Å²) in [5, 5.41) is 2.77. The predicted octanol–water partition coefficient (Wildman–Crippen LogP) is 1.50. The molecule has 0 aromatic heterocycles. The number of benzene rings is 1. The van der Waals surface area contributed by atoms with Crippen molar-refractivity contribution in [1.29, 1.82) is 0 Å². The number of rotatable bonds is 4. The fourth-order valence-corrected chi connectivity index (χ4v) is 1.75. The summed E-state index contributed by atoms with van der Waals surface area (Å²) >= 11 is 0. The van der Waals surface area contributed by atoms with Crippen LogP contribution in [0.4, 0.5) is 5.69 Å². The Morgan fingerprint density at radius 3 is 3.06 bits per heavy atom. The van der Waals surface area contributed by atoms with E-state index in [4.69, 9.17) is 9.47 Å². The number of hydrogen-bond donors (Lipinski definition) is 1. The molecular formula is C13H16N2O3. The lowest BCUT2D eigenvalue weighted by molar-refractivity contribution is -0.118. The summed E-state index contributed by atoms with van der Waals surface area (Å²) in [5.74, 6) is 1.52. The van der Waals surface area contributed by atoms with E-state index < -0.39 is 0 Å². The number of fused-ring (bicyclic) bond motifs is 1. The van der Waals surface area contributed by atoms with Crippen molar-refractivity contribution in [2.75, 3.05) is 25.1 Å². The molecule has 2 rings (SSSR count). The van der Waals surface area contributed by atoms with Crippen molar-refractivity contribution < 1.29 is 14.3 Å².